The lowest BCUT2D eigenvalue weighted by atomic mass is 10.0. The number of nitrogens with one attached hydrogen (secondary N) is 1. The Balaban J connectivity index is 1.96. The number of nitrogens with zero attached hydrogens (tertiary/aromatic N) is 4. The number of aromatic nitrogens is 2. The Morgan fingerprint density at radius 1 is 1.60 bits per heavy atom. The molecular formula is C14H25N5S. The number of likely N-dealkylation sites (tertiary alicyclic amines) is 1. The van der Waals surface area contributed by atoms with Gasteiger partial charge >= 0.3 is 0 Å². The van der Waals surface area contributed by atoms with Gasteiger partial charge in [-0.1, -0.05) is 0 Å². The second-order valence-electron chi connectivity index (χ2n) is 5.11. The Labute approximate surface area is 125 Å². The van der Waals surface area contributed by atoms with Crippen molar-refractivity contribution in [1.29, 1.82) is 0 Å². The number of hydrogen-bond donors (Lipinski definition) is 1. The second-order valence-corrected chi connectivity index (χ2v) is 6.09. The average molecular weight is 295 g/mol. The number of aliphatic imine (C=N–C) groups is 1. The van der Waals surface area contributed by atoms with Crippen LogP contribution in [0.25, 0.3) is 0 Å². The Hall–Kier alpha value is -1.17. The molecule has 20 heavy (non-hydrogen) atoms. The van der Waals surface area contributed by atoms with Crippen LogP contribution in [0.3, 0.4) is 0 Å². The van der Waals surface area contributed by atoms with Gasteiger partial charge in [-0.15, -0.1) is 0 Å². The molecule has 1 aliphatic heterocycles. The number of rotatable bonds is 5. The summed E-state index contributed by atoms with van der Waals surface area (Å²) < 4.78 is 1.88. The highest BCUT2D eigenvalue weighted by Gasteiger charge is 2.26. The molecule has 2 rings (SSSR count). The molecule has 1 aliphatic rings. The summed E-state index contributed by atoms with van der Waals surface area (Å²) in [6.07, 6.45) is 7.42. The van der Waals surface area contributed by atoms with Crippen LogP contribution in [0.2, 0.25) is 0 Å². The first-order valence-corrected chi connectivity index (χ1v) is 8.64. The zero-order valence-electron chi connectivity index (χ0n) is 12.7. The molecule has 0 aromatic carbocycles. The van der Waals surface area contributed by atoms with Gasteiger partial charge in [0.05, 0.1) is 12.7 Å². The normalized spacial score (nSPS) is 19.6. The molecule has 0 amide bonds. The summed E-state index contributed by atoms with van der Waals surface area (Å²) in [6.45, 7) is 6.05. The van der Waals surface area contributed by atoms with E-state index in [1.54, 1.807) is 0 Å². The van der Waals surface area contributed by atoms with E-state index in [2.05, 4.69) is 34.7 Å². The third-order valence-electron chi connectivity index (χ3n) is 3.58. The van der Waals surface area contributed by atoms with E-state index >= 15 is 0 Å². The van der Waals surface area contributed by atoms with Crippen LogP contribution in [0.1, 0.15) is 24.8 Å². The molecule has 6 heteroatoms. The van der Waals surface area contributed by atoms with Crippen LogP contribution in [0.15, 0.2) is 17.4 Å². The van der Waals surface area contributed by atoms with Crippen LogP contribution in [0, 0.1) is 0 Å². The fourth-order valence-corrected chi connectivity index (χ4v) is 2.82. The summed E-state index contributed by atoms with van der Waals surface area (Å²) in [5.74, 6) is 2.72. The molecule has 1 aromatic heterocycles. The van der Waals surface area contributed by atoms with Crippen LogP contribution in [0.4, 0.5) is 0 Å². The minimum atomic E-state index is 0.577. The van der Waals surface area contributed by atoms with Gasteiger partial charge in [0.25, 0.3) is 0 Å². The Morgan fingerprint density at radius 2 is 2.45 bits per heavy atom. The SMILES string of the molecule is CCNC(=NCCSC)N1CCC(c2cnn(C)c2)C1. The summed E-state index contributed by atoms with van der Waals surface area (Å²) >= 11 is 1.84. The molecule has 1 saturated heterocycles. The largest absolute Gasteiger partial charge is 0.357 e. The van der Waals surface area contributed by atoms with E-state index in [9.17, 15) is 0 Å². The quantitative estimate of drug-likeness (QED) is 0.508. The summed E-state index contributed by atoms with van der Waals surface area (Å²) in [7, 11) is 1.98. The van der Waals surface area contributed by atoms with E-state index in [1.165, 1.54) is 12.0 Å². The molecule has 1 N–H and O–H groups in total. The van der Waals surface area contributed by atoms with Crippen LogP contribution in [-0.4, -0.2) is 58.8 Å². The molecule has 5 nitrogen and oxygen atoms in total. The van der Waals surface area contributed by atoms with Gasteiger partial charge in [-0.25, -0.2) is 0 Å². The smallest absolute Gasteiger partial charge is 0.193 e. The van der Waals surface area contributed by atoms with Gasteiger partial charge in [0, 0.05) is 44.5 Å². The first-order valence-electron chi connectivity index (χ1n) is 7.25. The second kappa shape index (κ2) is 7.57. The fourth-order valence-electron chi connectivity index (χ4n) is 2.54. The van der Waals surface area contributed by atoms with Crippen LogP contribution in [0.5, 0.6) is 0 Å². The van der Waals surface area contributed by atoms with E-state index in [-0.39, 0.29) is 0 Å². The topological polar surface area (TPSA) is 45.5 Å². The van der Waals surface area contributed by atoms with Gasteiger partial charge in [-0.3, -0.25) is 9.67 Å². The molecule has 0 radical (unpaired) electrons. The monoisotopic (exact) mass is 295 g/mol. The lowest BCUT2D eigenvalue weighted by molar-refractivity contribution is 0.487. The van der Waals surface area contributed by atoms with Crippen LogP contribution >= 0.6 is 11.8 Å². The van der Waals surface area contributed by atoms with Crippen molar-refractivity contribution in [2.45, 2.75) is 19.3 Å². The predicted octanol–water partition coefficient (Wildman–Crippen LogP) is 1.54. The Bertz CT molecular complexity index is 443. The summed E-state index contributed by atoms with van der Waals surface area (Å²) in [5, 5.41) is 7.68. The van der Waals surface area contributed by atoms with E-state index in [1.807, 2.05) is 29.7 Å². The van der Waals surface area contributed by atoms with E-state index in [0.29, 0.717) is 5.92 Å². The van der Waals surface area contributed by atoms with Crippen molar-refractivity contribution in [1.82, 2.24) is 20.0 Å². The lowest BCUT2D eigenvalue weighted by Crippen LogP contribution is -2.40. The fraction of sp³-hybridized carbons (Fsp3) is 0.714. The minimum absolute atomic E-state index is 0.577. The molecule has 112 valence electrons. The first-order chi connectivity index (χ1) is 9.74. The maximum Gasteiger partial charge on any atom is 0.193 e. The predicted molar refractivity (Wildman–Crippen MR) is 86.5 cm³/mol. The molecule has 0 saturated carbocycles. The highest BCUT2D eigenvalue weighted by molar-refractivity contribution is 7.98. The van der Waals surface area contributed by atoms with Crippen LogP contribution < -0.4 is 5.32 Å². The van der Waals surface area contributed by atoms with Gasteiger partial charge in [0.15, 0.2) is 5.96 Å². The van der Waals surface area contributed by atoms with Crippen molar-refractivity contribution < 1.29 is 0 Å². The summed E-state index contributed by atoms with van der Waals surface area (Å²) in [5.41, 5.74) is 1.34. The molecule has 0 aliphatic carbocycles. The molecule has 2 heterocycles. The maximum atomic E-state index is 4.71. The van der Waals surface area contributed by atoms with Crippen molar-refractivity contribution >= 4 is 17.7 Å². The van der Waals surface area contributed by atoms with Gasteiger partial charge in [0.2, 0.25) is 0 Å². The average Bonchev–Trinajstić information content (AvgIpc) is 3.06. The van der Waals surface area contributed by atoms with E-state index < -0.39 is 0 Å². The highest BCUT2D eigenvalue weighted by atomic mass is 32.2. The zero-order valence-corrected chi connectivity index (χ0v) is 13.5. The Kier molecular flexibility index (Phi) is 5.76. The molecule has 1 fully saturated rings. The number of guanidine groups is 1. The van der Waals surface area contributed by atoms with E-state index in [4.69, 9.17) is 4.99 Å². The Morgan fingerprint density at radius 3 is 3.10 bits per heavy atom. The highest BCUT2D eigenvalue weighted by Crippen LogP contribution is 2.26. The van der Waals surface area contributed by atoms with Crippen molar-refractivity contribution in [3.8, 4) is 0 Å². The van der Waals surface area contributed by atoms with E-state index in [0.717, 1.165) is 37.9 Å². The molecule has 1 aromatic rings. The molecule has 1 unspecified atom stereocenters. The number of aryl methyl sites for hydroxylation is 1. The van der Waals surface area contributed by atoms with Crippen LogP contribution in [-0.2, 0) is 7.05 Å². The molecule has 0 spiro atoms. The lowest BCUT2D eigenvalue weighted by Gasteiger charge is -2.21. The maximum absolute atomic E-state index is 4.71. The van der Waals surface area contributed by atoms with Gasteiger partial charge < -0.3 is 10.2 Å². The zero-order chi connectivity index (χ0) is 14.4. The van der Waals surface area contributed by atoms with Crippen molar-refractivity contribution in [2.75, 3.05) is 38.2 Å². The molecule has 1 atom stereocenters. The minimum Gasteiger partial charge on any atom is -0.357 e. The van der Waals surface area contributed by atoms with Crippen molar-refractivity contribution in [3.63, 3.8) is 0 Å². The van der Waals surface area contributed by atoms with Crippen molar-refractivity contribution in [2.24, 2.45) is 12.0 Å². The third-order valence-corrected chi connectivity index (χ3v) is 4.17. The standard InChI is InChI=1S/C14H25N5S/c1-4-15-14(16-6-8-20-3)19-7-5-12(11-19)13-9-17-18(2)10-13/h9-10,12H,4-8,11H2,1-3H3,(H,15,16). The van der Waals surface area contributed by atoms with Gasteiger partial charge in [0.1, 0.15) is 0 Å². The third kappa shape index (κ3) is 3.91. The van der Waals surface area contributed by atoms with Gasteiger partial charge in [-0.05, 0) is 25.2 Å². The van der Waals surface area contributed by atoms with Crippen molar-refractivity contribution in [3.05, 3.63) is 18.0 Å². The summed E-state index contributed by atoms with van der Waals surface area (Å²) in [4.78, 5) is 7.08. The number of thioether (sulfide) groups is 1. The summed E-state index contributed by atoms with van der Waals surface area (Å²) in [6, 6.07) is 0. The molecular weight excluding hydrogens is 270 g/mol. The first kappa shape index (κ1) is 15.2. The molecule has 0 bridgehead atoms. The van der Waals surface area contributed by atoms with Gasteiger partial charge in [-0.2, -0.15) is 16.9 Å². The number of hydrogen-bond acceptors (Lipinski definition) is 3.